The van der Waals surface area contributed by atoms with Crippen LogP contribution in [0.2, 0.25) is 0 Å². The molecule has 0 aromatic heterocycles. The van der Waals surface area contributed by atoms with Crippen molar-refractivity contribution in [3.05, 3.63) is 35.9 Å². The van der Waals surface area contributed by atoms with Gasteiger partial charge in [-0.2, -0.15) is 0 Å². The Labute approximate surface area is 176 Å². The van der Waals surface area contributed by atoms with Gasteiger partial charge in [0.25, 0.3) is 0 Å². The van der Waals surface area contributed by atoms with Crippen LogP contribution in [0.25, 0.3) is 10.8 Å². The number of hydrogen-bond acceptors (Lipinski definition) is 3. The Morgan fingerprint density at radius 1 is 1.25 bits per heavy atom. The van der Waals surface area contributed by atoms with Crippen molar-refractivity contribution in [3.63, 3.8) is 0 Å². The van der Waals surface area contributed by atoms with Gasteiger partial charge in [-0.15, -0.1) is 23.2 Å². The quantitative estimate of drug-likeness (QED) is 0.398. The zero-order valence-electron chi connectivity index (χ0n) is 16.8. The normalized spacial score (nSPS) is 16.5. The average Bonchev–Trinajstić information content (AvgIpc) is 3.00. The summed E-state index contributed by atoms with van der Waals surface area (Å²) < 4.78 is 11.7. The highest BCUT2D eigenvalue weighted by atomic mass is 35.5. The van der Waals surface area contributed by atoms with Gasteiger partial charge in [0.1, 0.15) is 16.2 Å². The Bertz CT molecular complexity index is 861. The molecule has 0 N–H and O–H groups in total. The predicted octanol–water partition coefficient (Wildman–Crippen LogP) is 6.66. The minimum Gasteiger partial charge on any atom is -0.493 e. The number of carbonyl (C=O) groups excluding carboxylic acids is 1. The van der Waals surface area contributed by atoms with Crippen LogP contribution >= 0.6 is 23.2 Å². The highest BCUT2D eigenvalue weighted by molar-refractivity contribution is 6.45. The molecule has 0 bridgehead atoms. The lowest BCUT2D eigenvalue weighted by Gasteiger charge is -2.25. The van der Waals surface area contributed by atoms with Gasteiger partial charge >= 0.3 is 6.09 Å². The molecule has 0 spiro atoms. The van der Waals surface area contributed by atoms with Gasteiger partial charge in [-0.05, 0) is 38.1 Å². The summed E-state index contributed by atoms with van der Waals surface area (Å²) in [6.45, 7) is 8.69. The molecule has 28 heavy (non-hydrogen) atoms. The number of halogens is 2. The fourth-order valence-electron chi connectivity index (χ4n) is 3.49. The molecule has 1 aliphatic rings. The highest BCUT2D eigenvalue weighted by Crippen LogP contribution is 2.48. The number of ether oxygens (including phenoxy) is 2. The molecule has 1 atom stereocenters. The van der Waals surface area contributed by atoms with Crippen LogP contribution in [0.15, 0.2) is 30.3 Å². The van der Waals surface area contributed by atoms with Crippen LogP contribution in [-0.2, 0) is 4.74 Å². The van der Waals surface area contributed by atoms with Crippen molar-refractivity contribution in [3.8, 4) is 5.75 Å². The Kier molecular flexibility index (Phi) is 6.31. The fraction of sp³-hybridized carbons (Fsp3) is 0.500. The first kappa shape index (κ1) is 21.1. The van der Waals surface area contributed by atoms with Gasteiger partial charge in [-0.1, -0.05) is 37.6 Å². The molecule has 1 aliphatic heterocycles. The minimum atomic E-state index is -0.638. The van der Waals surface area contributed by atoms with E-state index in [9.17, 15) is 4.79 Å². The van der Waals surface area contributed by atoms with Crippen molar-refractivity contribution in [2.45, 2.75) is 56.9 Å². The minimum absolute atomic E-state index is 0.194. The van der Waals surface area contributed by atoms with Gasteiger partial charge in [-0.25, -0.2) is 4.79 Å². The van der Waals surface area contributed by atoms with Gasteiger partial charge < -0.3 is 9.47 Å². The number of alkyl halides is 2. The van der Waals surface area contributed by atoms with E-state index in [0.29, 0.717) is 13.2 Å². The van der Waals surface area contributed by atoms with E-state index in [1.165, 1.54) is 0 Å². The van der Waals surface area contributed by atoms with E-state index >= 15 is 0 Å². The van der Waals surface area contributed by atoms with Gasteiger partial charge in [-0.3, -0.25) is 4.90 Å². The molecule has 0 fully saturated rings. The second kappa shape index (κ2) is 8.38. The molecule has 0 saturated heterocycles. The zero-order valence-corrected chi connectivity index (χ0v) is 18.3. The maximum atomic E-state index is 12.9. The topological polar surface area (TPSA) is 38.8 Å². The second-order valence-electron chi connectivity index (χ2n) is 8.09. The summed E-state index contributed by atoms with van der Waals surface area (Å²) in [6, 6.07) is 9.94. The van der Waals surface area contributed by atoms with Crippen molar-refractivity contribution in [1.82, 2.24) is 0 Å². The standard InChI is InChI=1S/C22H27Cl2NO3/c1-5-6-11-27-18-12-17-19(15-10-8-7-9-14(15)18)16(20(23)24)13-25(17)21(26)28-22(2,3)4/h7-10,12,16,20H,5-6,11,13H2,1-4H3/t16-/m1/s1. The lowest BCUT2D eigenvalue weighted by molar-refractivity contribution is 0.0582. The largest absolute Gasteiger partial charge is 0.493 e. The van der Waals surface area contributed by atoms with Gasteiger partial charge in [0.05, 0.1) is 12.3 Å². The van der Waals surface area contributed by atoms with E-state index in [0.717, 1.165) is 40.6 Å². The van der Waals surface area contributed by atoms with Crippen LogP contribution in [0.1, 0.15) is 52.0 Å². The number of benzene rings is 2. The Morgan fingerprint density at radius 2 is 1.93 bits per heavy atom. The predicted molar refractivity (Wildman–Crippen MR) is 116 cm³/mol. The molecule has 6 heteroatoms. The first-order chi connectivity index (χ1) is 13.2. The first-order valence-corrected chi connectivity index (χ1v) is 10.6. The second-order valence-corrected chi connectivity index (χ2v) is 9.25. The molecule has 0 radical (unpaired) electrons. The summed E-state index contributed by atoms with van der Waals surface area (Å²) in [5.41, 5.74) is 1.14. The van der Waals surface area contributed by atoms with Crippen molar-refractivity contribution in [2.24, 2.45) is 0 Å². The van der Waals surface area contributed by atoms with Crippen molar-refractivity contribution in [2.75, 3.05) is 18.1 Å². The third-order valence-corrected chi connectivity index (χ3v) is 5.35. The molecule has 4 nitrogen and oxygen atoms in total. The number of unbranched alkanes of at least 4 members (excludes halogenated alkanes) is 1. The monoisotopic (exact) mass is 423 g/mol. The first-order valence-electron chi connectivity index (χ1n) is 9.70. The van der Waals surface area contributed by atoms with E-state index in [1.54, 1.807) is 4.90 Å². The summed E-state index contributed by atoms with van der Waals surface area (Å²) in [6.07, 6.45) is 1.62. The molecular formula is C22H27Cl2NO3. The van der Waals surface area contributed by atoms with E-state index in [4.69, 9.17) is 32.7 Å². The molecule has 1 amide bonds. The Balaban J connectivity index is 2.12. The molecule has 0 saturated carbocycles. The average molecular weight is 424 g/mol. The molecule has 1 heterocycles. The number of nitrogens with zero attached hydrogens (tertiary/aromatic N) is 1. The van der Waals surface area contributed by atoms with Crippen LogP contribution < -0.4 is 9.64 Å². The van der Waals surface area contributed by atoms with Crippen LogP contribution in [0.4, 0.5) is 10.5 Å². The lowest BCUT2D eigenvalue weighted by Crippen LogP contribution is -2.36. The van der Waals surface area contributed by atoms with Crippen molar-refractivity contribution in [1.29, 1.82) is 0 Å². The maximum absolute atomic E-state index is 12.9. The molecule has 3 rings (SSSR count). The van der Waals surface area contributed by atoms with E-state index < -0.39 is 16.5 Å². The Hall–Kier alpha value is -1.65. The Morgan fingerprint density at radius 3 is 2.54 bits per heavy atom. The van der Waals surface area contributed by atoms with E-state index in [-0.39, 0.29) is 5.92 Å². The number of amides is 1. The fourth-order valence-corrected chi connectivity index (χ4v) is 3.90. The van der Waals surface area contributed by atoms with Gasteiger partial charge in [0.2, 0.25) is 0 Å². The zero-order chi connectivity index (χ0) is 20.5. The summed E-state index contributed by atoms with van der Waals surface area (Å²) in [5, 5.41) is 2.01. The number of carbonyl (C=O) groups is 1. The van der Waals surface area contributed by atoms with E-state index in [1.807, 2.05) is 51.1 Å². The summed E-state index contributed by atoms with van der Waals surface area (Å²) in [7, 11) is 0. The molecule has 0 unspecified atom stereocenters. The summed E-state index contributed by atoms with van der Waals surface area (Å²) in [5.74, 6) is 0.568. The number of hydrogen-bond donors (Lipinski definition) is 0. The van der Waals surface area contributed by atoms with Crippen LogP contribution in [0, 0.1) is 0 Å². The molecule has 152 valence electrons. The van der Waals surface area contributed by atoms with Crippen LogP contribution in [0.3, 0.4) is 0 Å². The van der Waals surface area contributed by atoms with E-state index in [2.05, 4.69) is 6.92 Å². The van der Waals surface area contributed by atoms with Crippen molar-refractivity contribution >= 4 is 45.8 Å². The molecule has 2 aromatic rings. The summed E-state index contributed by atoms with van der Waals surface area (Å²) >= 11 is 12.6. The highest BCUT2D eigenvalue weighted by Gasteiger charge is 2.39. The van der Waals surface area contributed by atoms with Crippen LogP contribution in [0.5, 0.6) is 5.75 Å². The smallest absolute Gasteiger partial charge is 0.414 e. The molecule has 2 aromatic carbocycles. The molecule has 0 aliphatic carbocycles. The number of anilines is 1. The molecular weight excluding hydrogens is 397 g/mol. The third kappa shape index (κ3) is 4.33. The SMILES string of the molecule is CCCCOc1cc2c(c3ccccc13)[C@H](C(Cl)Cl)CN2C(=O)OC(C)(C)C. The number of fused-ring (bicyclic) bond motifs is 3. The number of rotatable bonds is 5. The van der Waals surface area contributed by atoms with Gasteiger partial charge in [0.15, 0.2) is 0 Å². The maximum Gasteiger partial charge on any atom is 0.414 e. The third-order valence-electron chi connectivity index (χ3n) is 4.74. The van der Waals surface area contributed by atoms with Crippen LogP contribution in [-0.4, -0.2) is 29.7 Å². The van der Waals surface area contributed by atoms with Crippen molar-refractivity contribution < 1.29 is 14.3 Å². The van der Waals surface area contributed by atoms with Gasteiger partial charge in [0, 0.05) is 23.9 Å². The lowest BCUT2D eigenvalue weighted by atomic mass is 9.95. The summed E-state index contributed by atoms with van der Waals surface area (Å²) in [4.78, 5) is 13.9.